The fourth-order valence-corrected chi connectivity index (χ4v) is 0.888. The van der Waals surface area contributed by atoms with E-state index in [0.717, 1.165) is 0 Å². The molecule has 0 aromatic heterocycles. The molecule has 0 aliphatic heterocycles. The molecule has 1 aromatic rings. The van der Waals surface area contributed by atoms with Crippen LogP contribution in [0.2, 0.25) is 0 Å². The first kappa shape index (κ1) is 8.86. The van der Waals surface area contributed by atoms with Crippen LogP contribution in [0.3, 0.4) is 0 Å². The van der Waals surface area contributed by atoms with Crippen molar-refractivity contribution < 1.29 is 9.66 Å². The zero-order chi connectivity index (χ0) is 8.97. The number of hydrogen-bond donors (Lipinski definition) is 1. The van der Waals surface area contributed by atoms with Gasteiger partial charge in [-0.05, 0) is 12.1 Å². The Labute approximate surface area is 74.7 Å². The molecule has 0 aliphatic rings. The third-order valence-corrected chi connectivity index (χ3v) is 1.41. The van der Waals surface area contributed by atoms with E-state index in [1.807, 2.05) is 0 Å². The van der Waals surface area contributed by atoms with Crippen molar-refractivity contribution in [3.63, 3.8) is 0 Å². The van der Waals surface area contributed by atoms with Gasteiger partial charge < -0.3 is 4.74 Å². The second kappa shape index (κ2) is 3.96. The van der Waals surface area contributed by atoms with Gasteiger partial charge in [-0.15, -0.1) is 12.6 Å². The molecule has 0 unspecified atom stereocenters. The van der Waals surface area contributed by atoms with E-state index in [4.69, 9.17) is 4.74 Å². The summed E-state index contributed by atoms with van der Waals surface area (Å²) in [6.45, 7) is 0. The SMILES string of the molecule is O=[N+]([O-])c1ccc(OCS)cc1. The van der Waals surface area contributed by atoms with Crippen molar-refractivity contribution in [3.05, 3.63) is 34.4 Å². The van der Waals surface area contributed by atoms with Crippen LogP contribution in [0.5, 0.6) is 5.75 Å². The van der Waals surface area contributed by atoms with Crippen LogP contribution in [-0.4, -0.2) is 10.9 Å². The molecule has 12 heavy (non-hydrogen) atoms. The molecule has 1 aromatic carbocycles. The van der Waals surface area contributed by atoms with Crippen molar-refractivity contribution in [1.29, 1.82) is 0 Å². The highest BCUT2D eigenvalue weighted by Gasteiger charge is 2.03. The van der Waals surface area contributed by atoms with E-state index < -0.39 is 4.92 Å². The number of nitro benzene ring substituents is 1. The number of rotatable bonds is 3. The van der Waals surface area contributed by atoms with E-state index in [0.29, 0.717) is 5.75 Å². The third kappa shape index (κ3) is 2.13. The Bertz CT molecular complexity index is 272. The normalized spacial score (nSPS) is 9.42. The van der Waals surface area contributed by atoms with Crippen molar-refractivity contribution in [2.24, 2.45) is 0 Å². The standard InChI is InChI=1S/C7H7NO3S/c9-8(10)6-1-3-7(4-2-6)11-5-12/h1-4,12H,5H2. The average molecular weight is 185 g/mol. The first-order valence-electron chi connectivity index (χ1n) is 3.22. The van der Waals surface area contributed by atoms with Crippen molar-refractivity contribution in [3.8, 4) is 5.75 Å². The lowest BCUT2D eigenvalue weighted by atomic mass is 10.3. The predicted octanol–water partition coefficient (Wildman–Crippen LogP) is 1.86. The smallest absolute Gasteiger partial charge is 0.269 e. The van der Waals surface area contributed by atoms with Gasteiger partial charge in [-0.1, -0.05) is 0 Å². The maximum atomic E-state index is 10.2. The first-order valence-corrected chi connectivity index (χ1v) is 3.85. The molecule has 5 heteroatoms. The molecular formula is C7H7NO3S. The average Bonchev–Trinajstić information content (AvgIpc) is 2.06. The van der Waals surface area contributed by atoms with Gasteiger partial charge >= 0.3 is 0 Å². The second-order valence-electron chi connectivity index (χ2n) is 2.02. The van der Waals surface area contributed by atoms with Gasteiger partial charge in [-0.2, -0.15) is 0 Å². The van der Waals surface area contributed by atoms with Gasteiger partial charge in [-0.3, -0.25) is 10.1 Å². The molecule has 0 fully saturated rings. The fraction of sp³-hybridized carbons (Fsp3) is 0.143. The molecule has 0 N–H and O–H groups in total. The lowest BCUT2D eigenvalue weighted by molar-refractivity contribution is -0.384. The van der Waals surface area contributed by atoms with Crippen molar-refractivity contribution >= 4 is 18.3 Å². The molecule has 0 saturated heterocycles. The van der Waals surface area contributed by atoms with Crippen LogP contribution in [0.15, 0.2) is 24.3 Å². The highest BCUT2D eigenvalue weighted by atomic mass is 32.1. The number of ether oxygens (including phenoxy) is 1. The van der Waals surface area contributed by atoms with Crippen LogP contribution in [0, 0.1) is 10.1 Å². The minimum Gasteiger partial charge on any atom is -0.483 e. The number of benzene rings is 1. The monoisotopic (exact) mass is 185 g/mol. The predicted molar refractivity (Wildman–Crippen MR) is 47.6 cm³/mol. The Morgan fingerprint density at radius 1 is 1.42 bits per heavy atom. The van der Waals surface area contributed by atoms with Crippen LogP contribution < -0.4 is 4.74 Å². The first-order chi connectivity index (χ1) is 5.74. The van der Waals surface area contributed by atoms with E-state index in [1.165, 1.54) is 24.3 Å². The molecule has 0 heterocycles. The Morgan fingerprint density at radius 3 is 2.42 bits per heavy atom. The third-order valence-electron chi connectivity index (χ3n) is 1.28. The van der Waals surface area contributed by atoms with Crippen LogP contribution in [0.1, 0.15) is 0 Å². The molecule has 0 aliphatic carbocycles. The van der Waals surface area contributed by atoms with Gasteiger partial charge in [0.1, 0.15) is 11.7 Å². The van der Waals surface area contributed by atoms with Crippen LogP contribution in [0.4, 0.5) is 5.69 Å². The topological polar surface area (TPSA) is 52.4 Å². The second-order valence-corrected chi connectivity index (χ2v) is 2.28. The molecule has 4 nitrogen and oxygen atoms in total. The molecule has 0 amide bonds. The van der Waals surface area contributed by atoms with Gasteiger partial charge in [0, 0.05) is 12.1 Å². The highest BCUT2D eigenvalue weighted by Crippen LogP contribution is 2.17. The Kier molecular flexibility index (Phi) is 2.93. The van der Waals surface area contributed by atoms with Crippen molar-refractivity contribution in [2.45, 2.75) is 0 Å². The highest BCUT2D eigenvalue weighted by molar-refractivity contribution is 7.80. The lowest BCUT2D eigenvalue weighted by Crippen LogP contribution is -1.90. The number of thiol groups is 1. The lowest BCUT2D eigenvalue weighted by Gasteiger charge is -1.99. The summed E-state index contributed by atoms with van der Waals surface area (Å²) in [6.07, 6.45) is 0. The molecule has 0 radical (unpaired) electrons. The van der Waals surface area contributed by atoms with E-state index in [-0.39, 0.29) is 11.6 Å². The molecule has 0 atom stereocenters. The molecule has 0 saturated carbocycles. The van der Waals surface area contributed by atoms with Gasteiger partial charge in [0.05, 0.1) is 4.92 Å². The summed E-state index contributed by atoms with van der Waals surface area (Å²) < 4.78 is 4.98. The summed E-state index contributed by atoms with van der Waals surface area (Å²) in [7, 11) is 0. The quantitative estimate of drug-likeness (QED) is 0.338. The Hall–Kier alpha value is -1.23. The van der Waals surface area contributed by atoms with E-state index >= 15 is 0 Å². The van der Waals surface area contributed by atoms with Crippen LogP contribution in [-0.2, 0) is 0 Å². The maximum absolute atomic E-state index is 10.2. The summed E-state index contributed by atoms with van der Waals surface area (Å²) in [5.74, 6) is 0.841. The minimum atomic E-state index is -0.454. The number of nitrogens with zero attached hydrogens (tertiary/aromatic N) is 1. The summed E-state index contributed by atoms with van der Waals surface area (Å²) in [4.78, 5) is 9.77. The largest absolute Gasteiger partial charge is 0.483 e. The number of hydrogen-bond acceptors (Lipinski definition) is 4. The zero-order valence-corrected chi connectivity index (χ0v) is 7.03. The molecule has 1 rings (SSSR count). The van der Waals surface area contributed by atoms with Gasteiger partial charge in [0.2, 0.25) is 0 Å². The minimum absolute atomic E-state index is 0.0570. The van der Waals surface area contributed by atoms with E-state index in [1.54, 1.807) is 0 Å². The van der Waals surface area contributed by atoms with E-state index in [2.05, 4.69) is 12.6 Å². The van der Waals surface area contributed by atoms with Crippen LogP contribution >= 0.6 is 12.6 Å². The zero-order valence-electron chi connectivity index (χ0n) is 6.14. The van der Waals surface area contributed by atoms with Crippen LogP contribution in [0.25, 0.3) is 0 Å². The summed E-state index contributed by atoms with van der Waals surface area (Å²) in [5, 5.41) is 10.2. The fourth-order valence-electron chi connectivity index (χ4n) is 0.739. The summed E-state index contributed by atoms with van der Waals surface area (Å²) >= 11 is 3.84. The van der Waals surface area contributed by atoms with Crippen molar-refractivity contribution in [1.82, 2.24) is 0 Å². The summed E-state index contributed by atoms with van der Waals surface area (Å²) in [6, 6.07) is 5.85. The van der Waals surface area contributed by atoms with Gasteiger partial charge in [0.25, 0.3) is 5.69 Å². The van der Waals surface area contributed by atoms with Crippen molar-refractivity contribution in [2.75, 3.05) is 5.94 Å². The van der Waals surface area contributed by atoms with Gasteiger partial charge in [-0.25, -0.2) is 0 Å². The number of nitro groups is 1. The van der Waals surface area contributed by atoms with E-state index in [9.17, 15) is 10.1 Å². The molecule has 0 spiro atoms. The molecule has 0 bridgehead atoms. The maximum Gasteiger partial charge on any atom is 0.269 e. The molecular weight excluding hydrogens is 178 g/mol. The Morgan fingerprint density at radius 2 is 2.00 bits per heavy atom. The van der Waals surface area contributed by atoms with Gasteiger partial charge in [0.15, 0.2) is 0 Å². The number of non-ortho nitro benzene ring substituents is 1. The molecule has 64 valence electrons. The summed E-state index contributed by atoms with van der Waals surface area (Å²) in [5.41, 5.74) is 0.0570. The Balaban J connectivity index is 2.78.